The van der Waals surface area contributed by atoms with Gasteiger partial charge in [-0.15, -0.1) is 0 Å². The number of pyridine rings is 1. The number of amides is 3. The van der Waals surface area contributed by atoms with E-state index in [-0.39, 0.29) is 41.9 Å². The summed E-state index contributed by atoms with van der Waals surface area (Å²) in [4.78, 5) is 51.6. The first-order valence-corrected chi connectivity index (χ1v) is 13.2. The Morgan fingerprint density at radius 2 is 1.97 bits per heavy atom. The lowest BCUT2D eigenvalue weighted by atomic mass is 10.0. The minimum Gasteiger partial charge on any atom is -0.481 e. The predicted molar refractivity (Wildman–Crippen MR) is 135 cm³/mol. The summed E-state index contributed by atoms with van der Waals surface area (Å²) in [6.07, 6.45) is 3.76. The van der Waals surface area contributed by atoms with E-state index in [1.165, 1.54) is 6.07 Å². The molecule has 11 heteroatoms. The fourth-order valence-corrected chi connectivity index (χ4v) is 6.06. The second kappa shape index (κ2) is 12.1. The van der Waals surface area contributed by atoms with Crippen molar-refractivity contribution in [2.45, 2.75) is 55.9 Å². The van der Waals surface area contributed by atoms with Gasteiger partial charge in [0.05, 0.1) is 17.6 Å². The molecule has 0 radical (unpaired) electrons. The van der Waals surface area contributed by atoms with Crippen molar-refractivity contribution < 1.29 is 29.0 Å². The zero-order chi connectivity index (χ0) is 25.5. The minimum absolute atomic E-state index is 0.0385. The van der Waals surface area contributed by atoms with Crippen molar-refractivity contribution in [3.8, 4) is 5.75 Å². The molecule has 0 spiro atoms. The maximum Gasteiger partial charge on any atom is 0.341 e. The third kappa shape index (κ3) is 6.66. The number of nitrogens with zero attached hydrogens (tertiary/aromatic N) is 1. The van der Waals surface area contributed by atoms with Crippen molar-refractivity contribution in [1.29, 1.82) is 0 Å². The average Bonchev–Trinajstić information content (AvgIpc) is 3.41. The molecule has 0 unspecified atom stereocenters. The Hall–Kier alpha value is -3.34. The Labute approximate surface area is 212 Å². The highest BCUT2D eigenvalue weighted by molar-refractivity contribution is 8.00. The molecule has 2 aliphatic rings. The molecule has 10 nitrogen and oxygen atoms in total. The van der Waals surface area contributed by atoms with Crippen LogP contribution in [-0.2, 0) is 9.59 Å². The number of carboxylic acids is 1. The van der Waals surface area contributed by atoms with Gasteiger partial charge >= 0.3 is 12.0 Å². The Bertz CT molecular complexity index is 1140. The standard InChI is InChI=1S/C25H30N4O6S/c30-19(17-12-20(35-13-23(32)33)15-6-1-2-7-16(15)27-17)8-5-11-26-22(31)10-4-3-9-21-24-18(14-36-21)28-25(34)29-24/h1-2,6-7,12,18,21,24H,3-5,8-11,13-14H2,(H,26,31)(H,32,33)(H2,28,29,34)/t18-,21-,24-/m0/s1. The van der Waals surface area contributed by atoms with E-state index in [9.17, 15) is 19.2 Å². The lowest BCUT2D eigenvalue weighted by Crippen LogP contribution is -2.36. The predicted octanol–water partition coefficient (Wildman–Crippen LogP) is 2.50. The highest BCUT2D eigenvalue weighted by Crippen LogP contribution is 2.33. The molecule has 2 saturated heterocycles. The number of thioether (sulfide) groups is 1. The van der Waals surface area contributed by atoms with Crippen molar-refractivity contribution in [2.75, 3.05) is 18.9 Å². The molecule has 3 atom stereocenters. The highest BCUT2D eigenvalue weighted by Gasteiger charge is 2.42. The monoisotopic (exact) mass is 514 g/mol. The molecule has 3 heterocycles. The maximum atomic E-state index is 12.7. The van der Waals surface area contributed by atoms with Crippen molar-refractivity contribution in [3.05, 3.63) is 36.0 Å². The number of rotatable bonds is 13. The maximum absolute atomic E-state index is 12.7. The van der Waals surface area contributed by atoms with E-state index in [2.05, 4.69) is 20.9 Å². The first kappa shape index (κ1) is 25.7. The second-order valence-electron chi connectivity index (χ2n) is 8.95. The molecular weight excluding hydrogens is 484 g/mol. The van der Waals surface area contributed by atoms with Gasteiger partial charge in [-0.05, 0) is 31.4 Å². The number of benzene rings is 1. The summed E-state index contributed by atoms with van der Waals surface area (Å²) < 4.78 is 5.36. The van der Waals surface area contributed by atoms with Crippen LogP contribution in [0.1, 0.15) is 49.0 Å². The normalized spacial score (nSPS) is 20.4. The number of fused-ring (bicyclic) bond motifs is 2. The smallest absolute Gasteiger partial charge is 0.341 e. The van der Waals surface area contributed by atoms with E-state index in [1.54, 1.807) is 24.3 Å². The molecule has 0 saturated carbocycles. The van der Waals surface area contributed by atoms with Crippen LogP contribution in [-0.4, -0.2) is 70.0 Å². The van der Waals surface area contributed by atoms with E-state index in [0.29, 0.717) is 41.3 Å². The van der Waals surface area contributed by atoms with Gasteiger partial charge in [0.2, 0.25) is 5.91 Å². The summed E-state index contributed by atoms with van der Waals surface area (Å²) in [6.45, 7) is -0.123. The number of carbonyl (C=O) groups excluding carboxylic acids is 3. The molecule has 2 fully saturated rings. The highest BCUT2D eigenvalue weighted by atomic mass is 32.2. The van der Waals surface area contributed by atoms with E-state index in [4.69, 9.17) is 9.84 Å². The van der Waals surface area contributed by atoms with Crippen LogP contribution in [0.5, 0.6) is 5.75 Å². The Morgan fingerprint density at radius 3 is 2.81 bits per heavy atom. The molecule has 36 heavy (non-hydrogen) atoms. The van der Waals surface area contributed by atoms with Gasteiger partial charge in [-0.25, -0.2) is 14.6 Å². The van der Waals surface area contributed by atoms with Gasteiger partial charge in [-0.3, -0.25) is 9.59 Å². The van der Waals surface area contributed by atoms with E-state index in [1.807, 2.05) is 11.8 Å². The SMILES string of the molecule is O=C(O)COc1cc(C(=O)CCCNC(=O)CCCC[C@@H]2SC[C@@H]3NC(=O)N[C@@H]32)nc2ccccc12. The number of urea groups is 1. The van der Waals surface area contributed by atoms with Crippen LogP contribution in [0.15, 0.2) is 30.3 Å². The molecule has 192 valence electrons. The number of hydrogen-bond acceptors (Lipinski definition) is 7. The summed E-state index contributed by atoms with van der Waals surface area (Å²) in [5.41, 5.74) is 0.760. The van der Waals surface area contributed by atoms with Gasteiger partial charge < -0.3 is 25.8 Å². The number of aliphatic carboxylic acids is 1. The van der Waals surface area contributed by atoms with Gasteiger partial charge in [-0.1, -0.05) is 18.6 Å². The van der Waals surface area contributed by atoms with Crippen LogP contribution < -0.4 is 20.7 Å². The van der Waals surface area contributed by atoms with Gasteiger partial charge in [0.25, 0.3) is 0 Å². The first-order chi connectivity index (χ1) is 17.4. The van der Waals surface area contributed by atoms with Crippen LogP contribution in [0.4, 0.5) is 4.79 Å². The van der Waals surface area contributed by atoms with Crippen molar-refractivity contribution in [1.82, 2.24) is 20.9 Å². The van der Waals surface area contributed by atoms with E-state index in [0.717, 1.165) is 25.0 Å². The molecule has 1 aromatic carbocycles. The Morgan fingerprint density at radius 1 is 1.14 bits per heavy atom. The van der Waals surface area contributed by atoms with Gasteiger partial charge in [0.15, 0.2) is 12.4 Å². The van der Waals surface area contributed by atoms with Crippen LogP contribution >= 0.6 is 11.8 Å². The van der Waals surface area contributed by atoms with Crippen LogP contribution in [0.25, 0.3) is 10.9 Å². The zero-order valence-electron chi connectivity index (χ0n) is 19.8. The number of unbranched alkanes of at least 4 members (excludes halogenated alkanes) is 1. The summed E-state index contributed by atoms with van der Waals surface area (Å²) in [7, 11) is 0. The van der Waals surface area contributed by atoms with Crippen LogP contribution in [0.2, 0.25) is 0 Å². The number of nitrogens with one attached hydrogen (secondary N) is 3. The molecule has 0 aliphatic carbocycles. The van der Waals surface area contributed by atoms with Crippen LogP contribution in [0.3, 0.4) is 0 Å². The number of carbonyl (C=O) groups is 4. The molecule has 2 aliphatic heterocycles. The number of carboxylic acid groups (broad SMARTS) is 1. The number of aromatic nitrogens is 1. The summed E-state index contributed by atoms with van der Waals surface area (Å²) in [6, 6.07) is 8.87. The van der Waals surface area contributed by atoms with Crippen molar-refractivity contribution >= 4 is 46.4 Å². The molecule has 0 bridgehead atoms. The average molecular weight is 515 g/mol. The van der Waals surface area contributed by atoms with E-state index < -0.39 is 12.6 Å². The van der Waals surface area contributed by atoms with Gasteiger partial charge in [0.1, 0.15) is 11.4 Å². The molecule has 2 aromatic rings. The molecule has 3 amide bonds. The third-order valence-corrected chi connectivity index (χ3v) is 7.81. The topological polar surface area (TPSA) is 147 Å². The molecule has 4 rings (SSSR count). The van der Waals surface area contributed by atoms with E-state index >= 15 is 0 Å². The van der Waals surface area contributed by atoms with Crippen molar-refractivity contribution in [3.63, 3.8) is 0 Å². The van der Waals surface area contributed by atoms with Gasteiger partial charge in [0, 0.05) is 41.8 Å². The lowest BCUT2D eigenvalue weighted by Gasteiger charge is -2.16. The fourth-order valence-electron chi connectivity index (χ4n) is 4.51. The number of hydrogen-bond donors (Lipinski definition) is 4. The van der Waals surface area contributed by atoms with Crippen molar-refractivity contribution in [2.24, 2.45) is 0 Å². The number of para-hydroxylation sites is 1. The quantitative estimate of drug-likeness (QED) is 0.181. The number of ketones is 1. The summed E-state index contributed by atoms with van der Waals surface area (Å²) in [5.74, 6) is -0.110. The summed E-state index contributed by atoms with van der Waals surface area (Å²) >= 11 is 1.87. The van der Waals surface area contributed by atoms with Crippen LogP contribution in [0, 0.1) is 0 Å². The Kier molecular flexibility index (Phi) is 8.63. The van der Waals surface area contributed by atoms with Gasteiger partial charge in [-0.2, -0.15) is 11.8 Å². The number of Topliss-reactive ketones (excluding diaryl/α,β-unsaturated/α-hetero) is 1. The minimum atomic E-state index is -1.11. The lowest BCUT2D eigenvalue weighted by molar-refractivity contribution is -0.139. The first-order valence-electron chi connectivity index (χ1n) is 12.1. The largest absolute Gasteiger partial charge is 0.481 e. The summed E-state index contributed by atoms with van der Waals surface area (Å²) in [5, 5.41) is 18.7. The fraction of sp³-hybridized carbons (Fsp3) is 0.480. The molecule has 1 aromatic heterocycles. The Balaban J connectivity index is 1.16. The third-order valence-electron chi connectivity index (χ3n) is 6.30. The molecular formula is C25H30N4O6S. The second-order valence-corrected chi connectivity index (χ2v) is 10.2. The molecule has 4 N–H and O–H groups in total. The number of ether oxygens (including phenoxy) is 1. The zero-order valence-corrected chi connectivity index (χ0v) is 20.6.